The molecule has 2 aromatic rings. The van der Waals surface area contributed by atoms with E-state index in [1.165, 1.54) is 0 Å². The molecule has 20 heavy (non-hydrogen) atoms. The predicted molar refractivity (Wildman–Crippen MR) is 68.7 cm³/mol. The zero-order chi connectivity index (χ0) is 13.9. The maximum atomic E-state index is 10.5. The molecule has 0 radical (unpaired) electrons. The van der Waals surface area contributed by atoms with Gasteiger partial charge in [0.25, 0.3) is 0 Å². The van der Waals surface area contributed by atoms with E-state index in [0.717, 1.165) is 17.7 Å². The zero-order valence-electron chi connectivity index (χ0n) is 10.8. The molecule has 1 N–H and O–H groups in total. The average Bonchev–Trinajstić information content (AvgIpc) is 2.93. The second-order valence-electron chi connectivity index (χ2n) is 4.67. The monoisotopic (exact) mass is 274 g/mol. The third kappa shape index (κ3) is 2.49. The molecule has 0 aliphatic carbocycles. The van der Waals surface area contributed by atoms with E-state index in [4.69, 9.17) is 14.4 Å². The van der Waals surface area contributed by atoms with Crippen LogP contribution in [-0.4, -0.2) is 27.8 Å². The molecular formula is C14H14N2O4. The molecule has 0 saturated heterocycles. The van der Waals surface area contributed by atoms with E-state index in [2.05, 4.69) is 10.1 Å². The summed E-state index contributed by atoms with van der Waals surface area (Å²) in [4.78, 5) is 14.8. The van der Waals surface area contributed by atoms with E-state index < -0.39 is 5.97 Å². The lowest BCUT2D eigenvalue weighted by Crippen LogP contribution is -2.16. The summed E-state index contributed by atoms with van der Waals surface area (Å²) >= 11 is 0. The fourth-order valence-corrected chi connectivity index (χ4v) is 2.34. The quantitative estimate of drug-likeness (QED) is 0.917. The number of hydrogen-bond acceptors (Lipinski definition) is 5. The summed E-state index contributed by atoms with van der Waals surface area (Å²) in [6, 6.07) is 7.79. The lowest BCUT2D eigenvalue weighted by Gasteiger charge is -2.23. The highest BCUT2D eigenvalue weighted by atomic mass is 16.5. The summed E-state index contributed by atoms with van der Waals surface area (Å²) in [5.41, 5.74) is 1.05. The number of ether oxygens (including phenoxy) is 1. The summed E-state index contributed by atoms with van der Waals surface area (Å²) in [6.45, 7) is 0.612. The molecule has 1 atom stereocenters. The summed E-state index contributed by atoms with van der Waals surface area (Å²) in [6.07, 6.45) is 1.04. The Morgan fingerprint density at radius 1 is 1.40 bits per heavy atom. The number of fused-ring (bicyclic) bond motifs is 1. The lowest BCUT2D eigenvalue weighted by atomic mass is 9.92. The highest BCUT2D eigenvalue weighted by Crippen LogP contribution is 2.36. The molecular weight excluding hydrogens is 260 g/mol. The van der Waals surface area contributed by atoms with Crippen LogP contribution in [0.1, 0.15) is 36.0 Å². The molecule has 6 heteroatoms. The van der Waals surface area contributed by atoms with Crippen LogP contribution < -0.4 is 4.74 Å². The van der Waals surface area contributed by atoms with Gasteiger partial charge < -0.3 is 14.4 Å². The number of aliphatic carboxylic acids is 1. The number of carboxylic acids is 1. The smallest absolute Gasteiger partial charge is 0.303 e. The molecule has 1 aliphatic rings. The fraction of sp³-hybridized carbons (Fsp3) is 0.357. The number of aromatic nitrogens is 2. The van der Waals surface area contributed by atoms with Crippen molar-refractivity contribution >= 4 is 5.97 Å². The van der Waals surface area contributed by atoms with Crippen molar-refractivity contribution in [3.8, 4) is 5.75 Å². The van der Waals surface area contributed by atoms with Crippen molar-refractivity contribution in [3.63, 3.8) is 0 Å². The van der Waals surface area contributed by atoms with Crippen LogP contribution >= 0.6 is 0 Å². The minimum Gasteiger partial charge on any atom is -0.493 e. The van der Waals surface area contributed by atoms with E-state index in [9.17, 15) is 4.79 Å². The Morgan fingerprint density at radius 2 is 2.25 bits per heavy atom. The molecule has 0 fully saturated rings. The Balaban J connectivity index is 1.82. The van der Waals surface area contributed by atoms with Gasteiger partial charge in [0.05, 0.1) is 18.9 Å². The highest BCUT2D eigenvalue weighted by molar-refractivity contribution is 5.66. The predicted octanol–water partition coefficient (Wildman–Crippen LogP) is 2.00. The fourth-order valence-electron chi connectivity index (χ4n) is 2.34. The Hall–Kier alpha value is -2.37. The molecule has 1 aromatic heterocycles. The zero-order valence-corrected chi connectivity index (χ0v) is 10.8. The van der Waals surface area contributed by atoms with Gasteiger partial charge in [0, 0.05) is 12.0 Å². The van der Waals surface area contributed by atoms with Crippen molar-refractivity contribution < 1.29 is 19.2 Å². The molecule has 3 rings (SSSR count). The minimum absolute atomic E-state index is 0.00794. The van der Waals surface area contributed by atoms with Crippen LogP contribution in [0.5, 0.6) is 5.75 Å². The maximum Gasteiger partial charge on any atom is 0.303 e. The maximum absolute atomic E-state index is 10.5. The van der Waals surface area contributed by atoms with Crippen molar-refractivity contribution in [1.82, 2.24) is 10.1 Å². The molecule has 1 aromatic carbocycles. The molecule has 2 heterocycles. The number of aryl methyl sites for hydroxylation is 1. The van der Waals surface area contributed by atoms with Crippen molar-refractivity contribution in [2.45, 2.75) is 25.2 Å². The average molecular weight is 274 g/mol. The first kappa shape index (κ1) is 12.7. The Bertz CT molecular complexity index is 623. The van der Waals surface area contributed by atoms with Crippen LogP contribution in [0.2, 0.25) is 0 Å². The molecule has 0 saturated carbocycles. The summed E-state index contributed by atoms with van der Waals surface area (Å²) < 4.78 is 10.7. The van der Waals surface area contributed by atoms with Crippen LogP contribution in [0.3, 0.4) is 0 Å². The van der Waals surface area contributed by atoms with Crippen LogP contribution in [0.4, 0.5) is 0 Å². The molecule has 1 aliphatic heterocycles. The highest BCUT2D eigenvalue weighted by Gasteiger charge is 2.26. The minimum atomic E-state index is -0.874. The molecule has 0 spiro atoms. The van der Waals surface area contributed by atoms with Gasteiger partial charge in [0.2, 0.25) is 5.89 Å². The first-order valence-electron chi connectivity index (χ1n) is 6.50. The standard InChI is InChI=1S/C14H14N2O4/c17-13(18)6-5-12-15-14(16-20-12)10-7-8-19-11-4-2-1-3-9(10)11/h1-4,10H,5-8H2,(H,17,18). The molecule has 1 unspecified atom stereocenters. The lowest BCUT2D eigenvalue weighted by molar-refractivity contribution is -0.137. The first-order valence-corrected chi connectivity index (χ1v) is 6.50. The molecule has 0 amide bonds. The van der Waals surface area contributed by atoms with E-state index in [1.807, 2.05) is 24.3 Å². The third-order valence-corrected chi connectivity index (χ3v) is 3.31. The largest absolute Gasteiger partial charge is 0.493 e. The third-order valence-electron chi connectivity index (χ3n) is 3.31. The topological polar surface area (TPSA) is 85.5 Å². The van der Waals surface area contributed by atoms with Gasteiger partial charge in [-0.05, 0) is 12.5 Å². The SMILES string of the molecule is O=C(O)CCc1nc(C2CCOc3ccccc32)no1. The molecule has 104 valence electrons. The summed E-state index contributed by atoms with van der Waals surface area (Å²) in [5, 5.41) is 12.6. The molecule has 0 bridgehead atoms. The van der Waals surface area contributed by atoms with Crippen molar-refractivity contribution in [2.24, 2.45) is 0 Å². The normalized spacial score (nSPS) is 17.3. The second kappa shape index (κ2) is 5.32. The first-order chi connectivity index (χ1) is 9.74. The van der Waals surface area contributed by atoms with Gasteiger partial charge in [0.1, 0.15) is 5.75 Å². The number of para-hydroxylation sites is 1. The van der Waals surface area contributed by atoms with E-state index in [1.54, 1.807) is 0 Å². The Labute approximate surface area is 115 Å². The van der Waals surface area contributed by atoms with E-state index in [0.29, 0.717) is 18.3 Å². The van der Waals surface area contributed by atoms with Crippen LogP contribution in [0, 0.1) is 0 Å². The summed E-state index contributed by atoms with van der Waals surface area (Å²) in [5.74, 6) is 0.983. The number of nitrogens with zero attached hydrogens (tertiary/aromatic N) is 2. The summed E-state index contributed by atoms with van der Waals surface area (Å²) in [7, 11) is 0. The van der Waals surface area contributed by atoms with Crippen LogP contribution in [0.15, 0.2) is 28.8 Å². The van der Waals surface area contributed by atoms with Gasteiger partial charge in [-0.1, -0.05) is 23.4 Å². The Morgan fingerprint density at radius 3 is 3.10 bits per heavy atom. The van der Waals surface area contributed by atoms with Crippen molar-refractivity contribution in [2.75, 3.05) is 6.61 Å². The van der Waals surface area contributed by atoms with Gasteiger partial charge >= 0.3 is 5.97 Å². The number of benzene rings is 1. The van der Waals surface area contributed by atoms with Gasteiger partial charge in [-0.15, -0.1) is 0 Å². The number of rotatable bonds is 4. The van der Waals surface area contributed by atoms with E-state index in [-0.39, 0.29) is 18.8 Å². The van der Waals surface area contributed by atoms with Gasteiger partial charge in [-0.2, -0.15) is 4.98 Å². The number of hydrogen-bond donors (Lipinski definition) is 1. The Kier molecular flexibility index (Phi) is 3.37. The van der Waals surface area contributed by atoms with Crippen LogP contribution in [0.25, 0.3) is 0 Å². The van der Waals surface area contributed by atoms with Gasteiger partial charge in [-0.3, -0.25) is 4.79 Å². The number of carbonyl (C=O) groups is 1. The number of carboxylic acid groups (broad SMARTS) is 1. The van der Waals surface area contributed by atoms with E-state index >= 15 is 0 Å². The van der Waals surface area contributed by atoms with Crippen LogP contribution in [-0.2, 0) is 11.2 Å². The van der Waals surface area contributed by atoms with Crippen molar-refractivity contribution in [1.29, 1.82) is 0 Å². The van der Waals surface area contributed by atoms with Gasteiger partial charge in [-0.25, -0.2) is 0 Å². The second-order valence-corrected chi connectivity index (χ2v) is 4.67. The molecule has 6 nitrogen and oxygen atoms in total. The van der Waals surface area contributed by atoms with Crippen molar-refractivity contribution in [3.05, 3.63) is 41.5 Å². The van der Waals surface area contributed by atoms with Gasteiger partial charge in [0.15, 0.2) is 5.82 Å².